The van der Waals surface area contributed by atoms with E-state index in [4.69, 9.17) is 4.74 Å². The molecule has 0 aliphatic heterocycles. The summed E-state index contributed by atoms with van der Waals surface area (Å²) in [6, 6.07) is 13.2. The molecule has 2 heterocycles. The number of benzene rings is 2. The van der Waals surface area contributed by atoms with Gasteiger partial charge in [0, 0.05) is 42.4 Å². The van der Waals surface area contributed by atoms with Crippen molar-refractivity contribution >= 4 is 22.7 Å². The number of hydrogen-bond donors (Lipinski definition) is 0. The molecule has 150 valence electrons. The molecule has 4 rings (SSSR count). The van der Waals surface area contributed by atoms with Crippen LogP contribution in [0.15, 0.2) is 61.1 Å². The zero-order valence-electron chi connectivity index (χ0n) is 17.0. The van der Waals surface area contributed by atoms with E-state index >= 15 is 0 Å². The van der Waals surface area contributed by atoms with Crippen LogP contribution in [0.25, 0.3) is 22.0 Å². The summed E-state index contributed by atoms with van der Waals surface area (Å²) in [5, 5.41) is 5.01. The number of carbonyl (C=O) groups is 2. The van der Waals surface area contributed by atoms with Crippen LogP contribution in [0.5, 0.6) is 0 Å². The molecule has 4 aromatic rings. The van der Waals surface area contributed by atoms with Crippen molar-refractivity contribution in [1.82, 2.24) is 14.8 Å². The number of hydrogen-bond acceptors (Lipinski definition) is 5. The average Bonchev–Trinajstić information content (AvgIpc) is 3.18. The van der Waals surface area contributed by atoms with Gasteiger partial charge >= 0.3 is 5.97 Å². The van der Waals surface area contributed by atoms with Crippen LogP contribution in [-0.4, -0.2) is 33.6 Å². The van der Waals surface area contributed by atoms with E-state index < -0.39 is 5.97 Å². The van der Waals surface area contributed by atoms with Crippen molar-refractivity contribution in [3.05, 3.63) is 83.3 Å². The number of aryl methyl sites for hydroxylation is 2. The Kier molecular flexibility index (Phi) is 5.14. The quantitative estimate of drug-likeness (QED) is 0.372. The molecule has 0 aliphatic carbocycles. The van der Waals surface area contributed by atoms with Crippen molar-refractivity contribution in [2.45, 2.75) is 13.3 Å². The first-order chi connectivity index (χ1) is 14.4. The highest BCUT2D eigenvalue weighted by Gasteiger charge is 2.12. The highest BCUT2D eigenvalue weighted by atomic mass is 16.5. The summed E-state index contributed by atoms with van der Waals surface area (Å²) in [5.41, 5.74) is 5.63. The number of methoxy groups -OCH3 is 1. The molecule has 0 fully saturated rings. The number of aromatic nitrogens is 3. The van der Waals surface area contributed by atoms with Gasteiger partial charge in [0.25, 0.3) is 0 Å². The van der Waals surface area contributed by atoms with Gasteiger partial charge in [-0.1, -0.05) is 12.1 Å². The van der Waals surface area contributed by atoms with Crippen molar-refractivity contribution in [3.8, 4) is 11.1 Å². The standard InChI is InChI=1S/C24H21N3O3/c1-15-6-17(21-13-26-27(2)14-21)10-19(7-15)23(28)9-16-4-5-22-18(8-16)11-20(12-25-22)24(29)30-3/h4-8,10-14H,9H2,1-3H3. The summed E-state index contributed by atoms with van der Waals surface area (Å²) in [6.07, 6.45) is 5.47. The van der Waals surface area contributed by atoms with E-state index in [1.54, 1.807) is 16.9 Å². The average molecular weight is 399 g/mol. The van der Waals surface area contributed by atoms with Gasteiger partial charge < -0.3 is 4.74 Å². The van der Waals surface area contributed by atoms with Crippen molar-refractivity contribution in [2.75, 3.05) is 7.11 Å². The first-order valence-electron chi connectivity index (χ1n) is 9.54. The summed E-state index contributed by atoms with van der Waals surface area (Å²) in [7, 11) is 3.20. The van der Waals surface area contributed by atoms with Gasteiger partial charge in [-0.05, 0) is 53.9 Å². The molecular formula is C24H21N3O3. The first kappa shape index (κ1) is 19.5. The van der Waals surface area contributed by atoms with Crippen LogP contribution < -0.4 is 0 Å². The lowest BCUT2D eigenvalue weighted by molar-refractivity contribution is 0.0600. The van der Waals surface area contributed by atoms with Crippen LogP contribution in [0.4, 0.5) is 0 Å². The predicted molar refractivity (Wildman–Crippen MR) is 114 cm³/mol. The summed E-state index contributed by atoms with van der Waals surface area (Å²) in [6.45, 7) is 1.98. The Balaban J connectivity index is 1.62. The number of esters is 1. The largest absolute Gasteiger partial charge is 0.465 e. The van der Waals surface area contributed by atoms with Crippen LogP contribution >= 0.6 is 0 Å². The van der Waals surface area contributed by atoms with E-state index in [2.05, 4.69) is 10.1 Å². The zero-order chi connectivity index (χ0) is 21.3. The highest BCUT2D eigenvalue weighted by Crippen LogP contribution is 2.23. The van der Waals surface area contributed by atoms with Crippen LogP contribution in [0.3, 0.4) is 0 Å². The van der Waals surface area contributed by atoms with Crippen LogP contribution in [0.2, 0.25) is 0 Å². The van der Waals surface area contributed by atoms with Gasteiger partial charge in [-0.2, -0.15) is 5.10 Å². The van der Waals surface area contributed by atoms with Crippen LogP contribution in [0.1, 0.15) is 31.8 Å². The van der Waals surface area contributed by atoms with Crippen molar-refractivity contribution < 1.29 is 14.3 Å². The van der Waals surface area contributed by atoms with E-state index in [0.717, 1.165) is 33.2 Å². The highest BCUT2D eigenvalue weighted by molar-refractivity contribution is 5.99. The van der Waals surface area contributed by atoms with Crippen molar-refractivity contribution in [2.24, 2.45) is 7.05 Å². The third-order valence-corrected chi connectivity index (χ3v) is 4.97. The minimum Gasteiger partial charge on any atom is -0.465 e. The molecule has 2 aromatic heterocycles. The lowest BCUT2D eigenvalue weighted by atomic mass is 9.96. The molecular weight excluding hydrogens is 378 g/mol. The van der Waals surface area contributed by atoms with Crippen molar-refractivity contribution in [1.29, 1.82) is 0 Å². The Morgan fingerprint density at radius 1 is 1.00 bits per heavy atom. The minimum absolute atomic E-state index is 0.0280. The maximum Gasteiger partial charge on any atom is 0.339 e. The normalized spacial score (nSPS) is 10.9. The van der Waals surface area contributed by atoms with Gasteiger partial charge in [0.2, 0.25) is 0 Å². The molecule has 0 N–H and O–H groups in total. The molecule has 0 spiro atoms. The number of pyridine rings is 1. The number of rotatable bonds is 5. The summed E-state index contributed by atoms with van der Waals surface area (Å²) in [4.78, 5) is 29.1. The topological polar surface area (TPSA) is 74.1 Å². The molecule has 0 radical (unpaired) electrons. The molecule has 0 bridgehead atoms. The van der Waals surface area contributed by atoms with Gasteiger partial charge in [-0.15, -0.1) is 0 Å². The van der Waals surface area contributed by atoms with E-state index in [1.165, 1.54) is 13.3 Å². The number of fused-ring (bicyclic) bond motifs is 1. The fourth-order valence-electron chi connectivity index (χ4n) is 3.49. The van der Waals surface area contributed by atoms with Crippen LogP contribution in [-0.2, 0) is 18.2 Å². The second-order valence-corrected chi connectivity index (χ2v) is 7.33. The van der Waals surface area contributed by atoms with Gasteiger partial charge in [-0.25, -0.2) is 4.79 Å². The molecule has 6 nitrogen and oxygen atoms in total. The zero-order valence-corrected chi connectivity index (χ0v) is 17.0. The van der Waals surface area contributed by atoms with Crippen LogP contribution in [0, 0.1) is 6.92 Å². The molecule has 0 atom stereocenters. The first-order valence-corrected chi connectivity index (χ1v) is 9.54. The number of Topliss-reactive ketones (excluding diaryl/α,β-unsaturated/α-hetero) is 1. The number of ether oxygens (including phenoxy) is 1. The number of nitrogens with zero attached hydrogens (tertiary/aromatic N) is 3. The Labute approximate surface area is 174 Å². The van der Waals surface area contributed by atoms with E-state index in [9.17, 15) is 9.59 Å². The molecule has 0 amide bonds. The van der Waals surface area contributed by atoms with Gasteiger partial charge in [-0.3, -0.25) is 14.5 Å². The number of ketones is 1. The predicted octanol–water partition coefficient (Wildman–Crippen LogP) is 4.16. The van der Waals surface area contributed by atoms with Gasteiger partial charge in [0.1, 0.15) is 0 Å². The maximum absolute atomic E-state index is 13.0. The van der Waals surface area contributed by atoms with E-state index in [0.29, 0.717) is 11.1 Å². The Morgan fingerprint density at radius 3 is 2.57 bits per heavy atom. The fourth-order valence-corrected chi connectivity index (χ4v) is 3.49. The molecule has 30 heavy (non-hydrogen) atoms. The SMILES string of the molecule is COC(=O)c1cnc2ccc(CC(=O)c3cc(C)cc(-c4cnn(C)c4)c3)cc2c1. The minimum atomic E-state index is -0.437. The van der Waals surface area contributed by atoms with Crippen molar-refractivity contribution in [3.63, 3.8) is 0 Å². The monoisotopic (exact) mass is 399 g/mol. The van der Waals surface area contributed by atoms with E-state index in [1.807, 2.05) is 56.6 Å². The molecule has 0 aliphatic rings. The smallest absolute Gasteiger partial charge is 0.339 e. The third kappa shape index (κ3) is 3.98. The Morgan fingerprint density at radius 2 is 1.83 bits per heavy atom. The lowest BCUT2D eigenvalue weighted by Gasteiger charge is -2.08. The summed E-state index contributed by atoms with van der Waals surface area (Å²) >= 11 is 0. The van der Waals surface area contributed by atoms with E-state index in [-0.39, 0.29) is 12.2 Å². The second-order valence-electron chi connectivity index (χ2n) is 7.33. The van der Waals surface area contributed by atoms with Gasteiger partial charge in [0.15, 0.2) is 5.78 Å². The molecule has 0 saturated carbocycles. The maximum atomic E-state index is 13.0. The summed E-state index contributed by atoms with van der Waals surface area (Å²) in [5.74, 6) is -0.408. The molecule has 0 saturated heterocycles. The molecule has 0 unspecified atom stereocenters. The number of carbonyl (C=O) groups excluding carboxylic acids is 2. The Hall–Kier alpha value is -3.80. The lowest BCUT2D eigenvalue weighted by Crippen LogP contribution is -2.05. The summed E-state index contributed by atoms with van der Waals surface area (Å²) < 4.78 is 6.50. The molecule has 6 heteroatoms. The fraction of sp³-hybridized carbons (Fsp3) is 0.167. The molecule has 2 aromatic carbocycles. The third-order valence-electron chi connectivity index (χ3n) is 4.97. The second kappa shape index (κ2) is 7.91. The Bertz CT molecular complexity index is 1270. The van der Waals surface area contributed by atoms with Gasteiger partial charge in [0.05, 0.1) is 24.4 Å².